The van der Waals surface area contributed by atoms with Crippen LogP contribution in [0, 0.1) is 17.3 Å². The number of allylic oxidation sites excluding steroid dienone is 1. The van der Waals surface area contributed by atoms with Crippen LogP contribution < -0.4 is 5.73 Å². The van der Waals surface area contributed by atoms with E-state index in [-0.39, 0.29) is 0 Å². The second kappa shape index (κ2) is 5.01. The molecular formula is C14H25N. The summed E-state index contributed by atoms with van der Waals surface area (Å²) in [4.78, 5) is 0. The summed E-state index contributed by atoms with van der Waals surface area (Å²) in [7, 11) is 0. The van der Waals surface area contributed by atoms with Crippen molar-refractivity contribution in [2.75, 3.05) is 6.54 Å². The standard InChI is InChI=1S/C14H25N/c1-5-12(8-6-7-11(2)3)14(4)9-13(14)10-15/h11,13H,1,6-10,15H2,2-4H3. The van der Waals surface area contributed by atoms with Crippen molar-refractivity contribution in [2.24, 2.45) is 23.0 Å². The van der Waals surface area contributed by atoms with Crippen molar-refractivity contribution >= 4 is 0 Å². The van der Waals surface area contributed by atoms with Crippen LogP contribution in [0.4, 0.5) is 0 Å². The summed E-state index contributed by atoms with van der Waals surface area (Å²) in [5.74, 6) is 1.48. The highest BCUT2D eigenvalue weighted by Crippen LogP contribution is 2.57. The molecule has 1 aliphatic carbocycles. The molecule has 0 aromatic heterocycles. The Balaban J connectivity index is 2.42. The fourth-order valence-electron chi connectivity index (χ4n) is 2.43. The van der Waals surface area contributed by atoms with Gasteiger partial charge in [0.05, 0.1) is 0 Å². The van der Waals surface area contributed by atoms with E-state index in [0.29, 0.717) is 11.3 Å². The first kappa shape index (κ1) is 12.5. The minimum Gasteiger partial charge on any atom is -0.330 e. The van der Waals surface area contributed by atoms with Crippen LogP contribution in [0.15, 0.2) is 17.9 Å². The third kappa shape index (κ3) is 2.96. The minimum atomic E-state index is 0.341. The fourth-order valence-corrected chi connectivity index (χ4v) is 2.43. The van der Waals surface area contributed by atoms with Gasteiger partial charge in [0.1, 0.15) is 0 Å². The van der Waals surface area contributed by atoms with Gasteiger partial charge in [-0.25, -0.2) is 0 Å². The Morgan fingerprint density at radius 3 is 2.67 bits per heavy atom. The molecule has 2 N–H and O–H groups in total. The lowest BCUT2D eigenvalue weighted by Crippen LogP contribution is -2.10. The zero-order chi connectivity index (χ0) is 11.5. The smallest absolute Gasteiger partial charge is 0.000320 e. The lowest BCUT2D eigenvalue weighted by atomic mass is 9.90. The maximum Gasteiger partial charge on any atom is 0.000320 e. The molecule has 0 amide bonds. The molecule has 86 valence electrons. The largest absolute Gasteiger partial charge is 0.330 e. The molecule has 0 bridgehead atoms. The van der Waals surface area contributed by atoms with Crippen LogP contribution in [-0.4, -0.2) is 6.54 Å². The van der Waals surface area contributed by atoms with Crippen molar-refractivity contribution in [2.45, 2.75) is 46.5 Å². The SMILES string of the molecule is C=C=C(CCCC(C)C)C1(C)CC1CN. The van der Waals surface area contributed by atoms with E-state index in [2.05, 4.69) is 33.1 Å². The van der Waals surface area contributed by atoms with Crippen LogP contribution in [0.3, 0.4) is 0 Å². The molecule has 2 atom stereocenters. The summed E-state index contributed by atoms with van der Waals surface area (Å²) < 4.78 is 0. The van der Waals surface area contributed by atoms with Gasteiger partial charge in [0.15, 0.2) is 0 Å². The van der Waals surface area contributed by atoms with Crippen LogP contribution in [0.2, 0.25) is 0 Å². The quantitative estimate of drug-likeness (QED) is 0.663. The topological polar surface area (TPSA) is 26.0 Å². The Labute approximate surface area is 94.4 Å². The number of hydrogen-bond acceptors (Lipinski definition) is 1. The maximum absolute atomic E-state index is 5.72. The molecule has 1 saturated carbocycles. The number of hydrogen-bond donors (Lipinski definition) is 1. The van der Waals surface area contributed by atoms with Crippen molar-refractivity contribution in [3.05, 3.63) is 17.9 Å². The molecule has 0 aromatic carbocycles. The van der Waals surface area contributed by atoms with E-state index < -0.39 is 0 Å². The molecule has 0 aromatic rings. The number of rotatable bonds is 6. The fraction of sp³-hybridized carbons (Fsp3) is 0.786. The number of nitrogens with two attached hydrogens (primary N) is 1. The van der Waals surface area contributed by atoms with Crippen molar-refractivity contribution in [1.29, 1.82) is 0 Å². The Morgan fingerprint density at radius 2 is 2.27 bits per heavy atom. The van der Waals surface area contributed by atoms with E-state index in [1.54, 1.807) is 0 Å². The monoisotopic (exact) mass is 207 g/mol. The maximum atomic E-state index is 5.72. The van der Waals surface area contributed by atoms with E-state index in [1.165, 1.54) is 24.8 Å². The zero-order valence-corrected chi connectivity index (χ0v) is 10.5. The molecule has 1 nitrogen and oxygen atoms in total. The Morgan fingerprint density at radius 1 is 1.60 bits per heavy atom. The van der Waals surface area contributed by atoms with Gasteiger partial charge >= 0.3 is 0 Å². The predicted molar refractivity (Wildman–Crippen MR) is 66.6 cm³/mol. The van der Waals surface area contributed by atoms with Crippen LogP contribution in [0.25, 0.3) is 0 Å². The van der Waals surface area contributed by atoms with Crippen molar-refractivity contribution in [3.63, 3.8) is 0 Å². The van der Waals surface area contributed by atoms with E-state index in [4.69, 9.17) is 5.73 Å². The van der Waals surface area contributed by atoms with Gasteiger partial charge < -0.3 is 5.73 Å². The molecular weight excluding hydrogens is 182 g/mol. The average Bonchev–Trinajstić information content (AvgIpc) is 2.85. The molecule has 0 heterocycles. The zero-order valence-electron chi connectivity index (χ0n) is 10.5. The molecule has 0 aliphatic heterocycles. The first-order chi connectivity index (χ1) is 7.04. The van der Waals surface area contributed by atoms with Crippen LogP contribution in [0.1, 0.15) is 46.5 Å². The van der Waals surface area contributed by atoms with Gasteiger partial charge in [-0.1, -0.05) is 33.8 Å². The van der Waals surface area contributed by atoms with Crippen molar-refractivity contribution in [3.8, 4) is 0 Å². The second-order valence-corrected chi connectivity index (χ2v) is 5.50. The van der Waals surface area contributed by atoms with Gasteiger partial charge in [0, 0.05) is 5.41 Å². The minimum absolute atomic E-state index is 0.341. The average molecular weight is 207 g/mol. The highest BCUT2D eigenvalue weighted by atomic mass is 14.7. The van der Waals surface area contributed by atoms with Crippen LogP contribution in [-0.2, 0) is 0 Å². The summed E-state index contributed by atoms with van der Waals surface area (Å²) in [6, 6.07) is 0. The molecule has 2 unspecified atom stereocenters. The first-order valence-corrected chi connectivity index (χ1v) is 6.14. The van der Waals surface area contributed by atoms with Gasteiger partial charge in [-0.15, -0.1) is 5.73 Å². The summed E-state index contributed by atoms with van der Waals surface area (Å²) in [6.45, 7) is 11.5. The molecule has 1 heteroatoms. The Bertz CT molecular complexity index is 261. The summed E-state index contributed by atoms with van der Waals surface area (Å²) in [6.07, 6.45) is 4.97. The normalized spacial score (nSPS) is 29.0. The van der Waals surface area contributed by atoms with Crippen LogP contribution >= 0.6 is 0 Å². The van der Waals surface area contributed by atoms with Gasteiger partial charge in [0.2, 0.25) is 0 Å². The molecule has 1 rings (SSSR count). The molecule has 1 aliphatic rings. The van der Waals surface area contributed by atoms with Crippen molar-refractivity contribution in [1.82, 2.24) is 0 Å². The first-order valence-electron chi connectivity index (χ1n) is 6.14. The summed E-state index contributed by atoms with van der Waals surface area (Å²) >= 11 is 0. The van der Waals surface area contributed by atoms with E-state index in [1.807, 2.05) is 0 Å². The lowest BCUT2D eigenvalue weighted by molar-refractivity contribution is 0.515. The Hall–Kier alpha value is -0.520. The van der Waals surface area contributed by atoms with Gasteiger partial charge in [-0.3, -0.25) is 0 Å². The van der Waals surface area contributed by atoms with Gasteiger partial charge in [-0.05, 0) is 43.2 Å². The third-order valence-electron chi connectivity index (χ3n) is 3.81. The van der Waals surface area contributed by atoms with E-state index >= 15 is 0 Å². The van der Waals surface area contributed by atoms with Crippen LogP contribution in [0.5, 0.6) is 0 Å². The molecule has 1 fully saturated rings. The molecule has 0 spiro atoms. The summed E-state index contributed by atoms with van der Waals surface area (Å²) in [5, 5.41) is 0. The van der Waals surface area contributed by atoms with Gasteiger partial charge in [-0.2, -0.15) is 0 Å². The summed E-state index contributed by atoms with van der Waals surface area (Å²) in [5.41, 5.74) is 10.6. The third-order valence-corrected chi connectivity index (χ3v) is 3.81. The van der Waals surface area contributed by atoms with E-state index in [9.17, 15) is 0 Å². The van der Waals surface area contributed by atoms with Crippen molar-refractivity contribution < 1.29 is 0 Å². The molecule has 0 saturated heterocycles. The lowest BCUT2D eigenvalue weighted by Gasteiger charge is -2.14. The van der Waals surface area contributed by atoms with Gasteiger partial charge in [0.25, 0.3) is 0 Å². The van der Waals surface area contributed by atoms with E-state index in [0.717, 1.165) is 18.9 Å². The molecule has 15 heavy (non-hydrogen) atoms. The Kier molecular flexibility index (Phi) is 4.19. The molecule has 0 radical (unpaired) electrons. The second-order valence-electron chi connectivity index (χ2n) is 5.50. The highest BCUT2D eigenvalue weighted by molar-refractivity contribution is 5.23. The highest BCUT2D eigenvalue weighted by Gasteiger charge is 2.51. The predicted octanol–water partition coefficient (Wildman–Crippen LogP) is 3.51.